The van der Waals surface area contributed by atoms with Crippen LogP contribution in [0.25, 0.3) is 11.0 Å². The summed E-state index contributed by atoms with van der Waals surface area (Å²) in [4.78, 5) is 4.65. The van der Waals surface area contributed by atoms with E-state index < -0.39 is 0 Å². The first-order valence-electron chi connectivity index (χ1n) is 6.98. The van der Waals surface area contributed by atoms with Crippen molar-refractivity contribution in [2.75, 3.05) is 6.26 Å². The molecule has 1 aromatic carbocycles. The summed E-state index contributed by atoms with van der Waals surface area (Å²) in [5, 5.41) is 1.57. The molecule has 1 aliphatic carbocycles. The molecule has 5 heteroatoms. The predicted octanol–water partition coefficient (Wildman–Crippen LogP) is 5.28. The molecule has 1 aliphatic rings. The molecule has 0 saturated heterocycles. The van der Waals surface area contributed by atoms with Gasteiger partial charge in [0.2, 0.25) is 0 Å². The fourth-order valence-electron chi connectivity index (χ4n) is 3.16. The smallest absolute Gasteiger partial charge is 0.125 e. The van der Waals surface area contributed by atoms with Crippen LogP contribution in [-0.4, -0.2) is 21.1 Å². The maximum absolute atomic E-state index is 6.15. The third-order valence-corrected chi connectivity index (χ3v) is 5.80. The van der Waals surface area contributed by atoms with Crippen molar-refractivity contribution in [1.82, 2.24) is 9.55 Å². The molecule has 108 valence electrons. The third-order valence-electron chi connectivity index (χ3n) is 4.19. The Balaban J connectivity index is 1.99. The van der Waals surface area contributed by atoms with Gasteiger partial charge in [0.1, 0.15) is 5.82 Å². The molecule has 0 aliphatic heterocycles. The highest BCUT2D eigenvalue weighted by molar-refractivity contribution is 7.99. The van der Waals surface area contributed by atoms with Gasteiger partial charge >= 0.3 is 0 Å². The predicted molar refractivity (Wildman–Crippen MR) is 89.1 cm³/mol. The van der Waals surface area contributed by atoms with Crippen LogP contribution in [0.5, 0.6) is 0 Å². The highest BCUT2D eigenvalue weighted by Gasteiger charge is 2.25. The first-order chi connectivity index (χ1) is 9.72. The van der Waals surface area contributed by atoms with E-state index in [1.807, 2.05) is 30.0 Å². The lowest BCUT2D eigenvalue weighted by Crippen LogP contribution is -2.20. The number of rotatable bonds is 3. The van der Waals surface area contributed by atoms with Crippen molar-refractivity contribution < 1.29 is 0 Å². The molecule has 0 N–H and O–H groups in total. The highest BCUT2D eigenvalue weighted by atomic mass is 35.5. The van der Waals surface area contributed by atoms with E-state index in [0.717, 1.165) is 27.1 Å². The van der Waals surface area contributed by atoms with Crippen molar-refractivity contribution in [2.45, 2.75) is 42.9 Å². The minimum absolute atomic E-state index is 0.453. The second kappa shape index (κ2) is 6.17. The maximum atomic E-state index is 6.15. The monoisotopic (exact) mass is 328 g/mol. The molecule has 0 amide bonds. The molecule has 3 rings (SSSR count). The molecule has 0 unspecified atom stereocenters. The van der Waals surface area contributed by atoms with Gasteiger partial charge in [-0.05, 0) is 50.1 Å². The molecule has 0 atom stereocenters. The molecule has 0 bridgehead atoms. The van der Waals surface area contributed by atoms with Crippen LogP contribution >= 0.6 is 35.0 Å². The summed E-state index contributed by atoms with van der Waals surface area (Å²) in [6, 6.07) is 6.40. The van der Waals surface area contributed by atoms with Crippen LogP contribution in [0.4, 0.5) is 0 Å². The SMILES string of the molecule is CSC1CCC(n2c(CCl)nc3ccc(Cl)cc32)CC1. The van der Waals surface area contributed by atoms with Gasteiger partial charge in [-0.25, -0.2) is 4.98 Å². The van der Waals surface area contributed by atoms with Crippen molar-refractivity contribution in [3.63, 3.8) is 0 Å². The summed E-state index contributed by atoms with van der Waals surface area (Å²) >= 11 is 14.2. The van der Waals surface area contributed by atoms with Crippen LogP contribution in [0, 0.1) is 0 Å². The number of benzene rings is 1. The van der Waals surface area contributed by atoms with E-state index in [-0.39, 0.29) is 0 Å². The van der Waals surface area contributed by atoms with Gasteiger partial charge in [-0.2, -0.15) is 11.8 Å². The van der Waals surface area contributed by atoms with Crippen LogP contribution in [0.15, 0.2) is 18.2 Å². The zero-order chi connectivity index (χ0) is 14.1. The largest absolute Gasteiger partial charge is 0.324 e. The van der Waals surface area contributed by atoms with Gasteiger partial charge in [-0.15, -0.1) is 11.6 Å². The number of nitrogens with zero attached hydrogens (tertiary/aromatic N) is 2. The number of hydrogen-bond acceptors (Lipinski definition) is 2. The van der Waals surface area contributed by atoms with Crippen molar-refractivity contribution in [3.05, 3.63) is 29.0 Å². The molecular formula is C15H18Cl2N2S. The van der Waals surface area contributed by atoms with Crippen LogP contribution < -0.4 is 0 Å². The Morgan fingerprint density at radius 3 is 2.70 bits per heavy atom. The number of halogens is 2. The number of aromatic nitrogens is 2. The van der Waals surface area contributed by atoms with Crippen LogP contribution in [0.3, 0.4) is 0 Å². The second-order valence-electron chi connectivity index (χ2n) is 5.33. The van der Waals surface area contributed by atoms with E-state index in [0.29, 0.717) is 11.9 Å². The van der Waals surface area contributed by atoms with Crippen LogP contribution in [0.1, 0.15) is 37.5 Å². The number of hydrogen-bond donors (Lipinski definition) is 0. The van der Waals surface area contributed by atoms with E-state index in [1.165, 1.54) is 25.7 Å². The number of alkyl halides is 1. The van der Waals surface area contributed by atoms with Crippen molar-refractivity contribution >= 4 is 46.0 Å². The van der Waals surface area contributed by atoms with Crippen LogP contribution in [-0.2, 0) is 5.88 Å². The summed E-state index contributed by atoms with van der Waals surface area (Å²) in [7, 11) is 0. The third kappa shape index (κ3) is 2.68. The van der Waals surface area contributed by atoms with Crippen molar-refractivity contribution in [2.24, 2.45) is 0 Å². The van der Waals surface area contributed by atoms with Crippen molar-refractivity contribution in [1.29, 1.82) is 0 Å². The normalized spacial score (nSPS) is 23.4. The Bertz CT molecular complexity index is 603. The molecule has 1 aromatic heterocycles. The molecule has 20 heavy (non-hydrogen) atoms. The number of fused-ring (bicyclic) bond motifs is 1. The summed E-state index contributed by atoms with van der Waals surface area (Å²) in [5.41, 5.74) is 2.12. The van der Waals surface area contributed by atoms with E-state index >= 15 is 0 Å². The standard InChI is InChI=1S/C15H18Cl2N2S/c1-20-12-5-3-11(4-6-12)19-14-8-10(17)2-7-13(14)18-15(19)9-16/h2,7-8,11-12H,3-6,9H2,1H3. The molecule has 0 radical (unpaired) electrons. The summed E-state index contributed by atoms with van der Waals surface area (Å²) in [5.74, 6) is 1.42. The molecule has 1 fully saturated rings. The number of thioether (sulfide) groups is 1. The average Bonchev–Trinajstić information content (AvgIpc) is 2.85. The van der Waals surface area contributed by atoms with Gasteiger partial charge in [0.25, 0.3) is 0 Å². The summed E-state index contributed by atoms with van der Waals surface area (Å²) in [6.45, 7) is 0. The topological polar surface area (TPSA) is 17.8 Å². The maximum Gasteiger partial charge on any atom is 0.125 e. The Hall–Kier alpha value is -0.380. The van der Waals surface area contributed by atoms with Gasteiger partial charge in [-0.1, -0.05) is 11.6 Å². The van der Waals surface area contributed by atoms with E-state index in [1.54, 1.807) is 0 Å². The average molecular weight is 329 g/mol. The fraction of sp³-hybridized carbons (Fsp3) is 0.533. The summed E-state index contributed by atoms with van der Waals surface area (Å²) in [6.07, 6.45) is 7.16. The Kier molecular flexibility index (Phi) is 4.49. The molecule has 2 aromatic rings. The highest BCUT2D eigenvalue weighted by Crippen LogP contribution is 2.37. The molecule has 2 nitrogen and oxygen atoms in total. The Morgan fingerprint density at radius 2 is 2.05 bits per heavy atom. The van der Waals surface area contributed by atoms with Crippen LogP contribution in [0.2, 0.25) is 5.02 Å². The fourth-order valence-corrected chi connectivity index (χ4v) is 4.26. The Labute approximate surface area is 133 Å². The quantitative estimate of drug-likeness (QED) is 0.714. The second-order valence-corrected chi connectivity index (χ2v) is 7.17. The lowest BCUT2D eigenvalue weighted by atomic mass is 9.94. The minimum atomic E-state index is 0.453. The van der Waals surface area contributed by atoms with E-state index in [4.69, 9.17) is 23.2 Å². The van der Waals surface area contributed by atoms with Gasteiger partial charge < -0.3 is 4.57 Å². The molecule has 0 spiro atoms. The van der Waals surface area contributed by atoms with Gasteiger partial charge in [-0.3, -0.25) is 0 Å². The lowest BCUT2D eigenvalue weighted by Gasteiger charge is -2.29. The van der Waals surface area contributed by atoms with E-state index in [2.05, 4.69) is 15.8 Å². The van der Waals surface area contributed by atoms with Crippen molar-refractivity contribution in [3.8, 4) is 0 Å². The molecular weight excluding hydrogens is 311 g/mol. The zero-order valence-corrected chi connectivity index (χ0v) is 13.8. The van der Waals surface area contributed by atoms with E-state index in [9.17, 15) is 0 Å². The molecule has 1 saturated carbocycles. The number of imidazole rings is 1. The van der Waals surface area contributed by atoms with Gasteiger partial charge in [0.15, 0.2) is 0 Å². The summed E-state index contributed by atoms with van der Waals surface area (Å²) < 4.78 is 2.32. The lowest BCUT2D eigenvalue weighted by molar-refractivity contribution is 0.361. The molecule has 1 heterocycles. The first-order valence-corrected chi connectivity index (χ1v) is 9.18. The van der Waals surface area contributed by atoms with Gasteiger partial charge in [0, 0.05) is 16.3 Å². The Morgan fingerprint density at radius 1 is 1.30 bits per heavy atom. The zero-order valence-electron chi connectivity index (χ0n) is 11.5. The van der Waals surface area contributed by atoms with Gasteiger partial charge in [0.05, 0.1) is 16.9 Å². The first kappa shape index (κ1) is 14.6. The minimum Gasteiger partial charge on any atom is -0.324 e.